The molecule has 1 heterocycles. The monoisotopic (exact) mass is 282 g/mol. The van der Waals surface area contributed by atoms with Gasteiger partial charge in [-0.05, 0) is 12.8 Å². The number of rotatable bonds is 3. The Labute approximate surface area is 118 Å². The summed E-state index contributed by atoms with van der Waals surface area (Å²) in [5.41, 5.74) is 5.78. The van der Waals surface area contributed by atoms with E-state index >= 15 is 0 Å². The molecule has 0 bridgehead atoms. The number of thiazole rings is 1. The Hall–Kier alpha value is -1.30. The van der Waals surface area contributed by atoms with Crippen molar-refractivity contribution in [2.75, 3.05) is 18.1 Å². The Balaban J connectivity index is 1.96. The molecule has 2 rings (SSSR count). The van der Waals surface area contributed by atoms with Crippen LogP contribution in [-0.2, 0) is 0 Å². The number of nitrogens with two attached hydrogens (primary N) is 1. The third-order valence-corrected chi connectivity index (χ3v) is 4.60. The molecular weight excluding hydrogens is 260 g/mol. The van der Waals surface area contributed by atoms with E-state index in [1.807, 2.05) is 0 Å². The van der Waals surface area contributed by atoms with Gasteiger partial charge < -0.3 is 16.4 Å². The second-order valence-electron chi connectivity index (χ2n) is 5.00. The van der Waals surface area contributed by atoms with Crippen molar-refractivity contribution in [2.24, 2.45) is 0 Å². The van der Waals surface area contributed by atoms with Gasteiger partial charge in [-0.1, -0.05) is 43.4 Å². The number of anilines is 2. The molecule has 0 aromatic carbocycles. The Kier molecular flexibility index (Phi) is 5.01. The van der Waals surface area contributed by atoms with Gasteiger partial charge in [0.25, 0.3) is 5.91 Å². The fraction of sp³-hybridized carbons (Fsp3) is 0.692. The number of carbonyl (C=O) groups is 1. The predicted molar refractivity (Wildman–Crippen MR) is 79.6 cm³/mol. The smallest absolute Gasteiger partial charge is 0.265 e. The van der Waals surface area contributed by atoms with Crippen LogP contribution in [0.5, 0.6) is 0 Å². The average Bonchev–Trinajstić information content (AvgIpc) is 2.74. The highest BCUT2D eigenvalue weighted by Gasteiger charge is 2.19. The summed E-state index contributed by atoms with van der Waals surface area (Å²) in [6, 6.07) is 0.285. The molecular formula is C13H22N4OS. The number of nitrogens with zero attached hydrogens (tertiary/aromatic N) is 1. The molecule has 0 spiro atoms. The normalized spacial score (nSPS) is 17.5. The van der Waals surface area contributed by atoms with Crippen molar-refractivity contribution < 1.29 is 4.79 Å². The van der Waals surface area contributed by atoms with Crippen LogP contribution in [0.15, 0.2) is 0 Å². The van der Waals surface area contributed by atoms with Crippen molar-refractivity contribution >= 4 is 28.2 Å². The van der Waals surface area contributed by atoms with Crippen LogP contribution in [0.2, 0.25) is 0 Å². The van der Waals surface area contributed by atoms with Gasteiger partial charge in [0.2, 0.25) is 0 Å². The fourth-order valence-corrected chi connectivity index (χ4v) is 3.19. The van der Waals surface area contributed by atoms with Crippen molar-refractivity contribution in [1.82, 2.24) is 10.3 Å². The molecule has 0 aliphatic heterocycles. The molecule has 106 valence electrons. The zero-order valence-electron chi connectivity index (χ0n) is 11.4. The second kappa shape index (κ2) is 6.75. The van der Waals surface area contributed by atoms with E-state index in [2.05, 4.69) is 15.6 Å². The molecule has 0 radical (unpaired) electrons. The summed E-state index contributed by atoms with van der Waals surface area (Å²) in [6.45, 7) is 0. The molecule has 1 saturated carbocycles. The van der Waals surface area contributed by atoms with Crippen molar-refractivity contribution in [1.29, 1.82) is 0 Å². The molecule has 5 nitrogen and oxygen atoms in total. The Morgan fingerprint density at radius 1 is 1.26 bits per heavy atom. The first-order valence-electron chi connectivity index (χ1n) is 6.95. The van der Waals surface area contributed by atoms with Crippen molar-refractivity contribution in [3.05, 3.63) is 4.88 Å². The second-order valence-corrected chi connectivity index (χ2v) is 6.00. The number of hydrogen-bond donors (Lipinski definition) is 3. The topological polar surface area (TPSA) is 80.0 Å². The van der Waals surface area contributed by atoms with Crippen LogP contribution in [0, 0.1) is 0 Å². The first-order chi connectivity index (χ1) is 9.20. The van der Waals surface area contributed by atoms with Crippen LogP contribution in [-0.4, -0.2) is 24.0 Å². The minimum absolute atomic E-state index is 0.0814. The van der Waals surface area contributed by atoms with E-state index in [-0.39, 0.29) is 11.9 Å². The van der Waals surface area contributed by atoms with Crippen molar-refractivity contribution in [3.8, 4) is 0 Å². The standard InChI is InChI=1S/C13H22N4OS/c1-15-13-17-11(14)10(19-13)12(18)16-9-7-5-3-2-4-6-8-9/h9H,2-8,14H2,1H3,(H,15,17)(H,16,18). The summed E-state index contributed by atoms with van der Waals surface area (Å²) in [6.07, 6.45) is 8.42. The van der Waals surface area contributed by atoms with E-state index < -0.39 is 0 Å². The Morgan fingerprint density at radius 3 is 2.47 bits per heavy atom. The minimum atomic E-state index is -0.0814. The van der Waals surface area contributed by atoms with Gasteiger partial charge in [0.15, 0.2) is 5.13 Å². The number of hydrogen-bond acceptors (Lipinski definition) is 5. The molecule has 0 atom stereocenters. The zero-order valence-corrected chi connectivity index (χ0v) is 12.2. The lowest BCUT2D eigenvalue weighted by Crippen LogP contribution is -2.35. The van der Waals surface area contributed by atoms with E-state index in [0.717, 1.165) is 12.8 Å². The summed E-state index contributed by atoms with van der Waals surface area (Å²) in [5.74, 6) is 0.236. The quantitative estimate of drug-likeness (QED) is 0.796. The van der Waals surface area contributed by atoms with E-state index in [1.165, 1.54) is 43.4 Å². The maximum absolute atomic E-state index is 12.2. The number of amides is 1. The molecule has 1 fully saturated rings. The van der Waals surface area contributed by atoms with E-state index in [1.54, 1.807) is 7.05 Å². The van der Waals surface area contributed by atoms with Crippen LogP contribution < -0.4 is 16.4 Å². The first kappa shape index (κ1) is 14.1. The van der Waals surface area contributed by atoms with Crippen LogP contribution >= 0.6 is 11.3 Å². The summed E-state index contributed by atoms with van der Waals surface area (Å²) in [5, 5.41) is 6.70. The van der Waals surface area contributed by atoms with Gasteiger partial charge in [-0.15, -0.1) is 0 Å². The van der Waals surface area contributed by atoms with Crippen LogP contribution in [0.3, 0.4) is 0 Å². The number of nitrogens with one attached hydrogen (secondary N) is 2. The van der Waals surface area contributed by atoms with Gasteiger partial charge in [-0.3, -0.25) is 4.79 Å². The van der Waals surface area contributed by atoms with Crippen molar-refractivity contribution in [3.63, 3.8) is 0 Å². The van der Waals surface area contributed by atoms with Gasteiger partial charge in [-0.25, -0.2) is 4.98 Å². The number of carbonyl (C=O) groups excluding carboxylic acids is 1. The molecule has 4 N–H and O–H groups in total. The lowest BCUT2D eigenvalue weighted by molar-refractivity contribution is 0.0935. The zero-order chi connectivity index (χ0) is 13.7. The summed E-state index contributed by atoms with van der Waals surface area (Å²) >= 11 is 1.31. The fourth-order valence-electron chi connectivity index (χ4n) is 2.45. The summed E-state index contributed by atoms with van der Waals surface area (Å²) in [7, 11) is 1.77. The number of nitrogen functional groups attached to an aromatic ring is 1. The maximum atomic E-state index is 12.2. The molecule has 19 heavy (non-hydrogen) atoms. The lowest BCUT2D eigenvalue weighted by atomic mass is 9.97. The highest BCUT2D eigenvalue weighted by Crippen LogP contribution is 2.25. The molecule has 1 aromatic heterocycles. The van der Waals surface area contributed by atoms with Crippen LogP contribution in [0.25, 0.3) is 0 Å². The third-order valence-electron chi connectivity index (χ3n) is 3.51. The molecule has 1 aliphatic rings. The van der Waals surface area contributed by atoms with E-state index in [9.17, 15) is 4.79 Å². The molecule has 1 aromatic rings. The van der Waals surface area contributed by atoms with Crippen LogP contribution in [0.1, 0.15) is 54.6 Å². The predicted octanol–water partition coefficient (Wildman–Crippen LogP) is 2.61. The van der Waals surface area contributed by atoms with Gasteiger partial charge in [0.1, 0.15) is 10.7 Å². The lowest BCUT2D eigenvalue weighted by Gasteiger charge is -2.20. The minimum Gasteiger partial charge on any atom is -0.382 e. The maximum Gasteiger partial charge on any atom is 0.265 e. The first-order valence-corrected chi connectivity index (χ1v) is 7.77. The Bertz CT molecular complexity index is 424. The van der Waals surface area contributed by atoms with Gasteiger partial charge in [-0.2, -0.15) is 0 Å². The molecule has 6 heteroatoms. The number of aromatic nitrogens is 1. The van der Waals surface area contributed by atoms with Gasteiger partial charge in [0.05, 0.1) is 0 Å². The summed E-state index contributed by atoms with van der Waals surface area (Å²) < 4.78 is 0. The van der Waals surface area contributed by atoms with Gasteiger partial charge >= 0.3 is 0 Å². The highest BCUT2D eigenvalue weighted by molar-refractivity contribution is 7.18. The summed E-state index contributed by atoms with van der Waals surface area (Å²) in [4.78, 5) is 16.8. The largest absolute Gasteiger partial charge is 0.382 e. The van der Waals surface area contributed by atoms with Crippen molar-refractivity contribution in [2.45, 2.75) is 51.0 Å². The van der Waals surface area contributed by atoms with Gasteiger partial charge in [0, 0.05) is 13.1 Å². The molecule has 0 unspecified atom stereocenters. The average molecular weight is 282 g/mol. The molecule has 1 aliphatic carbocycles. The molecule has 0 saturated heterocycles. The van der Waals surface area contributed by atoms with Crippen LogP contribution in [0.4, 0.5) is 10.9 Å². The van der Waals surface area contributed by atoms with E-state index in [0.29, 0.717) is 15.8 Å². The third kappa shape index (κ3) is 3.83. The SMILES string of the molecule is CNc1nc(N)c(C(=O)NC2CCCCCCC2)s1. The Morgan fingerprint density at radius 2 is 1.89 bits per heavy atom. The molecule has 1 amide bonds. The van der Waals surface area contributed by atoms with E-state index in [4.69, 9.17) is 5.73 Å². The highest BCUT2D eigenvalue weighted by atomic mass is 32.1.